The smallest absolute Gasteiger partial charge is 0.264 e. The van der Waals surface area contributed by atoms with Gasteiger partial charge in [-0.25, -0.2) is 0 Å². The Morgan fingerprint density at radius 3 is 2.61 bits per heavy atom. The molecule has 5 heteroatoms. The fraction of sp³-hybridized carbons (Fsp3) is 0.154. The Labute approximate surface area is 104 Å². The number of para-hydroxylation sites is 1. The van der Waals surface area contributed by atoms with Gasteiger partial charge in [-0.15, -0.1) is 0 Å². The van der Waals surface area contributed by atoms with Crippen LogP contribution < -0.4 is 5.32 Å². The molecule has 0 bridgehead atoms. The summed E-state index contributed by atoms with van der Waals surface area (Å²) < 4.78 is 0. The molecular weight excluding hydrogens is 230 g/mol. The van der Waals surface area contributed by atoms with Crippen LogP contribution in [0.1, 0.15) is 5.56 Å². The third-order valence-corrected chi connectivity index (χ3v) is 2.65. The van der Waals surface area contributed by atoms with E-state index in [0.717, 1.165) is 0 Å². The number of benzene rings is 1. The molecule has 1 aliphatic heterocycles. The lowest BCUT2D eigenvalue weighted by Gasteiger charge is -2.10. The topological polar surface area (TPSA) is 73.2 Å². The minimum absolute atomic E-state index is 0.137. The average Bonchev–Trinajstić information content (AvgIpc) is 2.67. The molecule has 0 aliphatic carbocycles. The maximum Gasteiger partial charge on any atom is 0.264 e. The van der Waals surface area contributed by atoms with Crippen molar-refractivity contribution in [3.63, 3.8) is 0 Å². The monoisotopic (exact) mass is 241 g/mol. The number of amides is 2. The van der Waals surface area contributed by atoms with Gasteiger partial charge in [0.1, 0.15) is 11.6 Å². The summed E-state index contributed by atoms with van der Waals surface area (Å²) in [6, 6.07) is 8.80. The molecule has 0 saturated heterocycles. The summed E-state index contributed by atoms with van der Waals surface area (Å²) in [7, 11) is 3.08. The predicted molar refractivity (Wildman–Crippen MR) is 66.3 cm³/mol. The molecule has 1 N–H and O–H groups in total. The SMILES string of the molecule is CN(C)C(=O)/C(C#N)=C1/C(=O)Nc2ccccc21. The van der Waals surface area contributed by atoms with Crippen molar-refractivity contribution in [2.75, 3.05) is 19.4 Å². The average molecular weight is 241 g/mol. The minimum atomic E-state index is -0.473. The number of fused-ring (bicyclic) bond motifs is 1. The highest BCUT2D eigenvalue weighted by Gasteiger charge is 2.30. The van der Waals surface area contributed by atoms with Crippen LogP contribution >= 0.6 is 0 Å². The number of anilines is 1. The second-order valence-electron chi connectivity index (χ2n) is 4.06. The maximum atomic E-state index is 11.9. The molecule has 2 rings (SSSR count). The summed E-state index contributed by atoms with van der Waals surface area (Å²) in [5.74, 6) is -0.887. The van der Waals surface area contributed by atoms with Gasteiger partial charge in [-0.05, 0) is 6.07 Å². The van der Waals surface area contributed by atoms with Crippen LogP contribution in [-0.2, 0) is 9.59 Å². The van der Waals surface area contributed by atoms with Crippen molar-refractivity contribution in [3.05, 3.63) is 35.4 Å². The second kappa shape index (κ2) is 4.34. The van der Waals surface area contributed by atoms with Gasteiger partial charge in [-0.1, -0.05) is 18.2 Å². The number of carbonyl (C=O) groups excluding carboxylic acids is 2. The molecule has 1 heterocycles. The highest BCUT2D eigenvalue weighted by Crippen LogP contribution is 2.33. The Morgan fingerprint density at radius 1 is 1.33 bits per heavy atom. The van der Waals surface area contributed by atoms with Crippen molar-refractivity contribution in [3.8, 4) is 6.07 Å². The number of nitriles is 1. The zero-order chi connectivity index (χ0) is 13.3. The predicted octanol–water partition coefficient (Wildman–Crippen LogP) is 1.00. The van der Waals surface area contributed by atoms with Crippen molar-refractivity contribution in [1.82, 2.24) is 4.90 Å². The fourth-order valence-electron chi connectivity index (χ4n) is 1.80. The summed E-state index contributed by atoms with van der Waals surface area (Å²) in [5, 5.41) is 11.8. The van der Waals surface area contributed by atoms with E-state index in [9.17, 15) is 9.59 Å². The lowest BCUT2D eigenvalue weighted by Crippen LogP contribution is -2.24. The van der Waals surface area contributed by atoms with Crippen molar-refractivity contribution in [2.24, 2.45) is 0 Å². The third-order valence-electron chi connectivity index (χ3n) is 2.65. The van der Waals surface area contributed by atoms with E-state index in [1.54, 1.807) is 38.4 Å². The van der Waals surface area contributed by atoms with E-state index >= 15 is 0 Å². The van der Waals surface area contributed by atoms with Crippen LogP contribution in [0.2, 0.25) is 0 Å². The Morgan fingerprint density at radius 2 is 2.00 bits per heavy atom. The number of carbonyl (C=O) groups is 2. The third kappa shape index (κ3) is 1.74. The number of nitrogens with zero attached hydrogens (tertiary/aromatic N) is 2. The van der Waals surface area contributed by atoms with Gasteiger partial charge < -0.3 is 10.2 Å². The highest BCUT2D eigenvalue weighted by molar-refractivity contribution is 6.36. The molecule has 90 valence electrons. The van der Waals surface area contributed by atoms with Crippen LogP contribution in [0.15, 0.2) is 29.8 Å². The lowest BCUT2D eigenvalue weighted by atomic mass is 10.0. The zero-order valence-electron chi connectivity index (χ0n) is 10.0. The first-order valence-electron chi connectivity index (χ1n) is 5.33. The minimum Gasteiger partial charge on any atom is -0.344 e. The summed E-state index contributed by atoms with van der Waals surface area (Å²) in [4.78, 5) is 25.0. The van der Waals surface area contributed by atoms with Crippen molar-refractivity contribution < 1.29 is 9.59 Å². The van der Waals surface area contributed by atoms with Crippen molar-refractivity contribution in [2.45, 2.75) is 0 Å². The van der Waals surface area contributed by atoms with Gasteiger partial charge in [0.2, 0.25) is 0 Å². The maximum absolute atomic E-state index is 11.9. The van der Waals surface area contributed by atoms with Gasteiger partial charge in [0.05, 0.1) is 5.57 Å². The first kappa shape index (κ1) is 11.9. The van der Waals surface area contributed by atoms with E-state index in [1.807, 2.05) is 6.07 Å². The Hall–Kier alpha value is -2.61. The summed E-state index contributed by atoms with van der Waals surface area (Å²) in [6.07, 6.45) is 0. The van der Waals surface area contributed by atoms with Gasteiger partial charge in [0.25, 0.3) is 11.8 Å². The second-order valence-corrected chi connectivity index (χ2v) is 4.06. The Balaban J connectivity index is 2.66. The van der Waals surface area contributed by atoms with Crippen LogP contribution in [0.4, 0.5) is 5.69 Å². The molecule has 0 aromatic heterocycles. The van der Waals surface area contributed by atoms with Crippen molar-refractivity contribution >= 4 is 23.1 Å². The molecule has 0 radical (unpaired) electrons. The Kier molecular flexibility index (Phi) is 2.86. The van der Waals surface area contributed by atoms with Gasteiger partial charge >= 0.3 is 0 Å². The summed E-state index contributed by atoms with van der Waals surface area (Å²) in [6.45, 7) is 0. The van der Waals surface area contributed by atoms with Gasteiger partial charge in [0.15, 0.2) is 0 Å². The summed E-state index contributed by atoms with van der Waals surface area (Å²) >= 11 is 0. The zero-order valence-corrected chi connectivity index (χ0v) is 10.0. The number of likely N-dealkylation sites (N-methyl/N-ethyl adjacent to an activating group) is 1. The molecule has 1 aromatic carbocycles. The van der Waals surface area contributed by atoms with Crippen LogP contribution in [0.5, 0.6) is 0 Å². The van der Waals surface area contributed by atoms with E-state index in [0.29, 0.717) is 11.3 Å². The van der Waals surface area contributed by atoms with Gasteiger partial charge in [0, 0.05) is 25.3 Å². The molecule has 5 nitrogen and oxygen atoms in total. The van der Waals surface area contributed by atoms with Crippen LogP contribution in [0.25, 0.3) is 5.57 Å². The summed E-state index contributed by atoms with van der Waals surface area (Å²) in [5.41, 5.74) is 1.22. The number of hydrogen-bond acceptors (Lipinski definition) is 3. The molecule has 1 aliphatic rings. The van der Waals surface area contributed by atoms with Gasteiger partial charge in [-0.3, -0.25) is 9.59 Å². The largest absolute Gasteiger partial charge is 0.344 e. The van der Waals surface area contributed by atoms with Crippen LogP contribution in [-0.4, -0.2) is 30.8 Å². The number of hydrogen-bond donors (Lipinski definition) is 1. The molecule has 2 amide bonds. The molecule has 0 atom stereocenters. The van der Waals surface area contributed by atoms with Crippen molar-refractivity contribution in [1.29, 1.82) is 5.26 Å². The molecule has 18 heavy (non-hydrogen) atoms. The molecule has 0 spiro atoms. The normalized spacial score (nSPS) is 15.5. The van der Waals surface area contributed by atoms with E-state index in [1.165, 1.54) is 4.90 Å². The Bertz CT molecular complexity index is 609. The standard InChI is InChI=1S/C13H11N3O2/c1-16(2)13(18)9(7-14)11-8-5-3-4-6-10(8)15-12(11)17/h3-6H,1-2H3,(H,15,17)/b11-9+. The molecule has 1 aromatic rings. The number of nitrogens with one attached hydrogen (secondary N) is 1. The first-order valence-corrected chi connectivity index (χ1v) is 5.33. The fourth-order valence-corrected chi connectivity index (χ4v) is 1.80. The molecule has 0 unspecified atom stereocenters. The van der Waals surface area contributed by atoms with E-state index in [-0.39, 0.29) is 11.1 Å². The van der Waals surface area contributed by atoms with Gasteiger partial charge in [-0.2, -0.15) is 5.26 Å². The quantitative estimate of drug-likeness (QED) is 0.589. The molecule has 0 saturated carbocycles. The number of rotatable bonds is 1. The first-order chi connectivity index (χ1) is 8.56. The molecule has 0 fully saturated rings. The van der Waals surface area contributed by atoms with E-state index in [4.69, 9.17) is 5.26 Å². The lowest BCUT2D eigenvalue weighted by molar-refractivity contribution is -0.124. The van der Waals surface area contributed by atoms with Crippen LogP contribution in [0.3, 0.4) is 0 Å². The highest BCUT2D eigenvalue weighted by atomic mass is 16.2. The molecular formula is C13H11N3O2. The van der Waals surface area contributed by atoms with E-state index < -0.39 is 11.8 Å². The van der Waals surface area contributed by atoms with E-state index in [2.05, 4.69) is 5.32 Å². The van der Waals surface area contributed by atoms with Crippen LogP contribution in [0, 0.1) is 11.3 Å².